The Bertz CT molecular complexity index is 630. The molecular weight excluding hydrogens is 268 g/mol. The third kappa shape index (κ3) is 2.69. The van der Waals surface area contributed by atoms with Gasteiger partial charge in [0.25, 0.3) is 0 Å². The predicted molar refractivity (Wildman–Crippen MR) is 78.2 cm³/mol. The van der Waals surface area contributed by atoms with E-state index in [1.54, 1.807) is 6.07 Å². The van der Waals surface area contributed by atoms with Crippen molar-refractivity contribution in [1.82, 2.24) is 10.2 Å². The number of carbonyl (C=O) groups is 1. The summed E-state index contributed by atoms with van der Waals surface area (Å²) >= 11 is 0. The molecule has 1 aliphatic rings. The number of hydrogen-bond donors (Lipinski definition) is 1. The first kappa shape index (κ1) is 13.8. The minimum Gasteiger partial charge on any atom is -0.465 e. The molecule has 5 nitrogen and oxygen atoms in total. The van der Waals surface area contributed by atoms with E-state index in [-0.39, 0.29) is 5.97 Å². The zero-order valence-electron chi connectivity index (χ0n) is 12.0. The summed E-state index contributed by atoms with van der Waals surface area (Å²) in [6, 6.07) is 7.47. The Kier molecular flexibility index (Phi) is 4.01. The first-order valence-electron chi connectivity index (χ1n) is 7.10. The van der Waals surface area contributed by atoms with Crippen LogP contribution in [-0.2, 0) is 9.47 Å². The van der Waals surface area contributed by atoms with Gasteiger partial charge in [0.05, 0.1) is 18.4 Å². The molecule has 2 heterocycles. The number of carbonyl (C=O) groups excluding carboxylic acids is 1. The second-order valence-electron chi connectivity index (χ2n) is 5.11. The van der Waals surface area contributed by atoms with Crippen molar-refractivity contribution in [1.29, 1.82) is 0 Å². The first-order chi connectivity index (χ1) is 10.3. The molecule has 5 heteroatoms. The summed E-state index contributed by atoms with van der Waals surface area (Å²) in [5.41, 5.74) is 3.41. The second-order valence-corrected chi connectivity index (χ2v) is 5.11. The highest BCUT2D eigenvalue weighted by molar-refractivity contribution is 5.97. The van der Waals surface area contributed by atoms with E-state index in [4.69, 9.17) is 9.47 Å². The average molecular weight is 286 g/mol. The van der Waals surface area contributed by atoms with Crippen molar-refractivity contribution < 1.29 is 14.3 Å². The number of rotatable bonds is 3. The van der Waals surface area contributed by atoms with E-state index in [9.17, 15) is 4.79 Å². The Hall–Kier alpha value is -2.14. The van der Waals surface area contributed by atoms with Crippen molar-refractivity contribution in [3.8, 4) is 11.1 Å². The summed E-state index contributed by atoms with van der Waals surface area (Å²) < 4.78 is 10.3. The summed E-state index contributed by atoms with van der Waals surface area (Å²) in [4.78, 5) is 11.9. The third-order valence-electron chi connectivity index (χ3n) is 3.90. The van der Waals surface area contributed by atoms with E-state index in [1.807, 2.05) is 24.4 Å². The lowest BCUT2D eigenvalue weighted by Gasteiger charge is -2.21. The number of esters is 1. The van der Waals surface area contributed by atoms with E-state index in [0.29, 0.717) is 11.5 Å². The molecule has 0 aliphatic carbocycles. The van der Waals surface area contributed by atoms with Crippen LogP contribution in [0.3, 0.4) is 0 Å². The van der Waals surface area contributed by atoms with Crippen LogP contribution in [0.4, 0.5) is 0 Å². The van der Waals surface area contributed by atoms with E-state index in [1.165, 1.54) is 7.11 Å². The summed E-state index contributed by atoms with van der Waals surface area (Å²) in [6.45, 7) is 1.52. The van der Waals surface area contributed by atoms with Gasteiger partial charge < -0.3 is 9.47 Å². The number of H-pyrrole nitrogens is 1. The van der Waals surface area contributed by atoms with Gasteiger partial charge >= 0.3 is 5.97 Å². The highest BCUT2D eigenvalue weighted by atomic mass is 16.5. The number of nitrogens with one attached hydrogen (secondary N) is 1. The zero-order chi connectivity index (χ0) is 14.7. The standard InChI is InChI=1S/C16H18N2O3/c1-20-16(19)13-5-3-2-4-12(13)14-10-17-18-15(14)11-6-8-21-9-7-11/h2-5,10-11H,6-9H2,1H3,(H,17,18). The van der Waals surface area contributed by atoms with Gasteiger partial charge in [-0.25, -0.2) is 4.79 Å². The molecule has 1 aromatic heterocycles. The fourth-order valence-corrected chi connectivity index (χ4v) is 2.80. The molecule has 0 spiro atoms. The van der Waals surface area contributed by atoms with Crippen LogP contribution in [0.25, 0.3) is 11.1 Å². The smallest absolute Gasteiger partial charge is 0.338 e. The molecule has 0 atom stereocenters. The molecule has 0 unspecified atom stereocenters. The Morgan fingerprint density at radius 2 is 2.05 bits per heavy atom. The van der Waals surface area contributed by atoms with Gasteiger partial charge in [-0.3, -0.25) is 5.10 Å². The molecule has 1 N–H and O–H groups in total. The number of methoxy groups -OCH3 is 1. The van der Waals surface area contributed by atoms with Gasteiger partial charge in [0.15, 0.2) is 0 Å². The topological polar surface area (TPSA) is 64.2 Å². The maximum Gasteiger partial charge on any atom is 0.338 e. The molecule has 3 rings (SSSR count). The van der Waals surface area contributed by atoms with Gasteiger partial charge in [0, 0.05) is 30.9 Å². The lowest BCUT2D eigenvalue weighted by atomic mass is 9.90. The fraction of sp³-hybridized carbons (Fsp3) is 0.375. The van der Waals surface area contributed by atoms with Crippen LogP contribution in [0.5, 0.6) is 0 Å². The molecule has 110 valence electrons. The number of hydrogen-bond acceptors (Lipinski definition) is 4. The molecular formula is C16H18N2O3. The van der Waals surface area contributed by atoms with Crippen molar-refractivity contribution >= 4 is 5.97 Å². The number of benzene rings is 1. The normalized spacial score (nSPS) is 15.9. The molecule has 1 saturated heterocycles. The Balaban J connectivity index is 2.02. The minimum absolute atomic E-state index is 0.329. The van der Waals surface area contributed by atoms with Gasteiger partial charge in [-0.1, -0.05) is 18.2 Å². The van der Waals surface area contributed by atoms with Crippen LogP contribution in [0.15, 0.2) is 30.5 Å². The van der Waals surface area contributed by atoms with E-state index >= 15 is 0 Å². The lowest BCUT2D eigenvalue weighted by Crippen LogP contribution is -2.15. The molecule has 1 fully saturated rings. The summed E-state index contributed by atoms with van der Waals surface area (Å²) in [7, 11) is 1.40. The zero-order valence-corrected chi connectivity index (χ0v) is 12.0. The lowest BCUT2D eigenvalue weighted by molar-refractivity contribution is 0.0601. The SMILES string of the molecule is COC(=O)c1ccccc1-c1c[nH]nc1C1CCOCC1. The molecule has 1 aliphatic heterocycles. The van der Waals surface area contributed by atoms with E-state index < -0.39 is 0 Å². The monoisotopic (exact) mass is 286 g/mol. The van der Waals surface area contributed by atoms with Crippen molar-refractivity contribution in [2.75, 3.05) is 20.3 Å². The maximum absolute atomic E-state index is 11.9. The Morgan fingerprint density at radius 1 is 1.29 bits per heavy atom. The van der Waals surface area contributed by atoms with Gasteiger partial charge in [0.2, 0.25) is 0 Å². The summed E-state index contributed by atoms with van der Waals surface area (Å²) in [5.74, 6) is 0.0374. The highest BCUT2D eigenvalue weighted by Gasteiger charge is 2.24. The van der Waals surface area contributed by atoms with Crippen LogP contribution < -0.4 is 0 Å². The van der Waals surface area contributed by atoms with Crippen LogP contribution in [0.2, 0.25) is 0 Å². The molecule has 0 bridgehead atoms. The molecule has 21 heavy (non-hydrogen) atoms. The van der Waals surface area contributed by atoms with Gasteiger partial charge in [-0.15, -0.1) is 0 Å². The molecule has 0 saturated carbocycles. The van der Waals surface area contributed by atoms with Gasteiger partial charge in [0.1, 0.15) is 0 Å². The Morgan fingerprint density at radius 3 is 2.81 bits per heavy atom. The molecule has 0 radical (unpaired) electrons. The second kappa shape index (κ2) is 6.10. The predicted octanol–water partition coefficient (Wildman–Crippen LogP) is 2.76. The van der Waals surface area contributed by atoms with Crippen molar-refractivity contribution in [3.63, 3.8) is 0 Å². The quantitative estimate of drug-likeness (QED) is 0.881. The first-order valence-corrected chi connectivity index (χ1v) is 7.10. The number of aromatic nitrogens is 2. The largest absolute Gasteiger partial charge is 0.465 e. The number of ether oxygens (including phenoxy) is 2. The molecule has 1 aromatic carbocycles. The van der Waals surface area contributed by atoms with Crippen LogP contribution >= 0.6 is 0 Å². The third-order valence-corrected chi connectivity index (χ3v) is 3.90. The Labute approximate surface area is 123 Å². The van der Waals surface area contributed by atoms with Crippen LogP contribution in [0.1, 0.15) is 34.8 Å². The van der Waals surface area contributed by atoms with E-state index in [2.05, 4.69) is 10.2 Å². The fourth-order valence-electron chi connectivity index (χ4n) is 2.80. The van der Waals surface area contributed by atoms with Crippen LogP contribution in [-0.4, -0.2) is 36.5 Å². The van der Waals surface area contributed by atoms with E-state index in [0.717, 1.165) is 42.9 Å². The van der Waals surface area contributed by atoms with Gasteiger partial charge in [-0.2, -0.15) is 5.10 Å². The minimum atomic E-state index is -0.329. The van der Waals surface area contributed by atoms with Gasteiger partial charge in [-0.05, 0) is 24.5 Å². The molecule has 0 amide bonds. The number of nitrogens with zero attached hydrogens (tertiary/aromatic N) is 1. The highest BCUT2D eigenvalue weighted by Crippen LogP contribution is 2.34. The summed E-state index contributed by atoms with van der Waals surface area (Å²) in [6.07, 6.45) is 3.77. The number of aromatic amines is 1. The van der Waals surface area contributed by atoms with Crippen molar-refractivity contribution in [2.24, 2.45) is 0 Å². The molecule has 2 aromatic rings. The van der Waals surface area contributed by atoms with Crippen molar-refractivity contribution in [3.05, 3.63) is 41.7 Å². The maximum atomic E-state index is 11.9. The average Bonchev–Trinajstić information content (AvgIpc) is 3.04. The van der Waals surface area contributed by atoms with Crippen LogP contribution in [0, 0.1) is 0 Å². The van der Waals surface area contributed by atoms with Crippen molar-refractivity contribution in [2.45, 2.75) is 18.8 Å². The summed E-state index contributed by atoms with van der Waals surface area (Å²) in [5, 5.41) is 7.35.